The third kappa shape index (κ3) is 5.21. The molecule has 0 bridgehead atoms. The van der Waals surface area contributed by atoms with E-state index in [4.69, 9.17) is 21.7 Å². The predicted molar refractivity (Wildman–Crippen MR) is 119 cm³/mol. The van der Waals surface area contributed by atoms with Gasteiger partial charge in [-0.15, -0.1) is 0 Å². The van der Waals surface area contributed by atoms with Crippen molar-refractivity contribution in [1.82, 2.24) is 4.90 Å². The van der Waals surface area contributed by atoms with Crippen molar-refractivity contribution in [2.75, 3.05) is 0 Å². The number of furan rings is 1. The monoisotopic (exact) mass is 476 g/mol. The van der Waals surface area contributed by atoms with Crippen LogP contribution in [0.4, 0.5) is 5.69 Å². The Bertz CT molecular complexity index is 1120. The molecule has 1 aromatic heterocycles. The number of carbonyl (C=O) groups excluding carboxylic acids is 1. The first-order valence-corrected chi connectivity index (χ1v) is 10.5. The molecular formula is C20H16N2O8S2. The highest BCUT2D eigenvalue weighted by atomic mass is 32.2. The van der Waals surface area contributed by atoms with Crippen molar-refractivity contribution < 1.29 is 33.9 Å². The molecule has 0 aliphatic carbocycles. The van der Waals surface area contributed by atoms with E-state index in [9.17, 15) is 29.6 Å². The third-order valence-corrected chi connectivity index (χ3v) is 5.88. The highest BCUT2D eigenvalue weighted by Crippen LogP contribution is 2.36. The van der Waals surface area contributed by atoms with E-state index in [-0.39, 0.29) is 34.2 Å². The lowest BCUT2D eigenvalue weighted by Crippen LogP contribution is -2.43. The summed E-state index contributed by atoms with van der Waals surface area (Å²) >= 11 is 6.11. The highest BCUT2D eigenvalue weighted by molar-refractivity contribution is 8.26. The minimum Gasteiger partial charge on any atom is -0.481 e. The zero-order chi connectivity index (χ0) is 23.4. The number of nitro groups is 1. The lowest BCUT2D eigenvalue weighted by molar-refractivity contribution is -0.384. The third-order valence-electron chi connectivity index (χ3n) is 4.55. The minimum atomic E-state index is -1.27. The molecule has 2 heterocycles. The van der Waals surface area contributed by atoms with Gasteiger partial charge in [-0.2, -0.15) is 0 Å². The van der Waals surface area contributed by atoms with Gasteiger partial charge in [0.05, 0.1) is 9.83 Å². The van der Waals surface area contributed by atoms with Crippen molar-refractivity contribution in [2.45, 2.75) is 25.3 Å². The number of rotatable bonds is 9. The van der Waals surface area contributed by atoms with Gasteiger partial charge < -0.3 is 14.6 Å². The fraction of sp³-hybridized carbons (Fsp3) is 0.200. The molecule has 1 aromatic carbocycles. The summed E-state index contributed by atoms with van der Waals surface area (Å²) in [6.45, 7) is 0. The quantitative estimate of drug-likeness (QED) is 0.237. The lowest BCUT2D eigenvalue weighted by Gasteiger charge is -2.22. The largest absolute Gasteiger partial charge is 0.481 e. The molecule has 2 N–H and O–H groups in total. The Hall–Kier alpha value is -3.51. The molecule has 2 aromatic rings. The van der Waals surface area contributed by atoms with E-state index < -0.39 is 28.8 Å². The number of thioether (sulfide) groups is 1. The van der Waals surface area contributed by atoms with Crippen LogP contribution in [0.2, 0.25) is 0 Å². The SMILES string of the molecule is O=C(O)CCCC(C(=O)O)N1C(=O)/C(=C\c2ccc(-c3ccc([N+](=O)[O-])cc3)o2)SC1=S. The van der Waals surface area contributed by atoms with Crippen LogP contribution >= 0.6 is 24.0 Å². The molecule has 12 heteroatoms. The summed E-state index contributed by atoms with van der Waals surface area (Å²) in [6.07, 6.45) is 1.25. The molecule has 1 unspecified atom stereocenters. The van der Waals surface area contributed by atoms with E-state index in [1.54, 1.807) is 12.1 Å². The molecule has 0 saturated carbocycles. The van der Waals surface area contributed by atoms with E-state index in [2.05, 4.69) is 0 Å². The Morgan fingerprint density at radius 1 is 1.22 bits per heavy atom. The maximum absolute atomic E-state index is 12.8. The smallest absolute Gasteiger partial charge is 0.326 e. The van der Waals surface area contributed by atoms with Gasteiger partial charge in [0, 0.05) is 30.2 Å². The van der Waals surface area contributed by atoms with E-state index >= 15 is 0 Å². The highest BCUT2D eigenvalue weighted by Gasteiger charge is 2.40. The molecule has 1 atom stereocenters. The van der Waals surface area contributed by atoms with Gasteiger partial charge in [-0.1, -0.05) is 24.0 Å². The van der Waals surface area contributed by atoms with Crippen LogP contribution in [0, 0.1) is 10.1 Å². The molecule has 166 valence electrons. The van der Waals surface area contributed by atoms with Gasteiger partial charge in [-0.05, 0) is 37.1 Å². The lowest BCUT2D eigenvalue weighted by atomic mass is 10.1. The maximum Gasteiger partial charge on any atom is 0.326 e. The number of carboxylic acids is 2. The number of non-ortho nitro benzene ring substituents is 1. The zero-order valence-electron chi connectivity index (χ0n) is 16.3. The summed E-state index contributed by atoms with van der Waals surface area (Å²) in [7, 11) is 0. The summed E-state index contributed by atoms with van der Waals surface area (Å²) in [6, 6.07) is 7.74. The Morgan fingerprint density at radius 3 is 2.50 bits per heavy atom. The van der Waals surface area contributed by atoms with Crippen LogP contribution in [0.1, 0.15) is 25.0 Å². The molecule has 1 aliphatic heterocycles. The number of hydrogen-bond donors (Lipinski definition) is 2. The topological polar surface area (TPSA) is 151 Å². The fourth-order valence-electron chi connectivity index (χ4n) is 3.02. The van der Waals surface area contributed by atoms with Gasteiger partial charge >= 0.3 is 11.9 Å². The van der Waals surface area contributed by atoms with Crippen LogP contribution in [0.25, 0.3) is 17.4 Å². The molecular weight excluding hydrogens is 460 g/mol. The second-order valence-electron chi connectivity index (χ2n) is 6.70. The first-order valence-electron chi connectivity index (χ1n) is 9.23. The molecule has 1 aliphatic rings. The second kappa shape index (κ2) is 9.75. The zero-order valence-corrected chi connectivity index (χ0v) is 17.9. The average molecular weight is 476 g/mol. The summed E-state index contributed by atoms with van der Waals surface area (Å²) in [5.41, 5.74) is 0.549. The van der Waals surface area contributed by atoms with Gasteiger partial charge in [0.15, 0.2) is 0 Å². The molecule has 10 nitrogen and oxygen atoms in total. The van der Waals surface area contributed by atoms with Crippen LogP contribution < -0.4 is 0 Å². The van der Waals surface area contributed by atoms with Crippen molar-refractivity contribution in [3.8, 4) is 11.3 Å². The van der Waals surface area contributed by atoms with E-state index in [0.29, 0.717) is 17.1 Å². The van der Waals surface area contributed by atoms with Crippen molar-refractivity contribution >= 4 is 57.9 Å². The number of amides is 1. The molecule has 1 fully saturated rings. The van der Waals surface area contributed by atoms with E-state index in [0.717, 1.165) is 16.7 Å². The molecule has 0 spiro atoms. The van der Waals surface area contributed by atoms with E-state index in [1.165, 1.54) is 30.3 Å². The van der Waals surface area contributed by atoms with Crippen LogP contribution in [-0.4, -0.2) is 48.2 Å². The Kier molecular flexibility index (Phi) is 7.05. The predicted octanol–water partition coefficient (Wildman–Crippen LogP) is 3.76. The average Bonchev–Trinajstić information content (AvgIpc) is 3.30. The maximum atomic E-state index is 12.8. The molecule has 0 radical (unpaired) electrons. The second-order valence-corrected chi connectivity index (χ2v) is 8.37. The number of carbonyl (C=O) groups is 3. The first-order chi connectivity index (χ1) is 15.2. The number of thiocarbonyl (C=S) groups is 1. The van der Waals surface area contributed by atoms with Gasteiger partial charge in [0.1, 0.15) is 21.9 Å². The summed E-state index contributed by atoms with van der Waals surface area (Å²) < 4.78 is 5.76. The normalized spacial score (nSPS) is 15.9. The number of aliphatic carboxylic acids is 2. The first kappa shape index (κ1) is 23.2. The van der Waals surface area contributed by atoms with Gasteiger partial charge in [-0.3, -0.25) is 24.6 Å². The van der Waals surface area contributed by atoms with Gasteiger partial charge in [-0.25, -0.2) is 4.79 Å². The number of nitrogens with zero attached hydrogens (tertiary/aromatic N) is 2. The van der Waals surface area contributed by atoms with Crippen LogP contribution in [0.15, 0.2) is 45.7 Å². The van der Waals surface area contributed by atoms with Crippen molar-refractivity contribution in [1.29, 1.82) is 0 Å². The standard InChI is InChI=1S/C20H16N2O8S2/c23-17(24)3-1-2-14(19(26)27)21-18(25)16(32-20(21)31)10-13-8-9-15(30-13)11-4-6-12(7-5-11)22(28)29/h4-10,14H,1-3H2,(H,23,24)(H,26,27)/b16-10+. The van der Waals surface area contributed by atoms with E-state index in [1.807, 2.05) is 0 Å². The number of nitro benzene ring substituents is 1. The minimum absolute atomic E-state index is 0.0492. The Labute approximate surface area is 190 Å². The van der Waals surface area contributed by atoms with Crippen LogP contribution in [0.5, 0.6) is 0 Å². The number of carboxylic acid groups (broad SMARTS) is 2. The van der Waals surface area contributed by atoms with Crippen molar-refractivity contribution in [2.24, 2.45) is 0 Å². The molecule has 1 amide bonds. The number of hydrogen-bond acceptors (Lipinski definition) is 8. The van der Waals surface area contributed by atoms with Crippen molar-refractivity contribution in [3.05, 3.63) is 57.2 Å². The summed E-state index contributed by atoms with van der Waals surface area (Å²) in [4.78, 5) is 46.6. The van der Waals surface area contributed by atoms with Crippen LogP contribution in [0.3, 0.4) is 0 Å². The fourth-order valence-corrected chi connectivity index (χ4v) is 4.36. The molecule has 3 rings (SSSR count). The van der Waals surface area contributed by atoms with Gasteiger partial charge in [0.25, 0.3) is 11.6 Å². The molecule has 32 heavy (non-hydrogen) atoms. The summed E-state index contributed by atoms with van der Waals surface area (Å²) in [5.74, 6) is -2.18. The van der Waals surface area contributed by atoms with Gasteiger partial charge in [0.2, 0.25) is 0 Å². The Morgan fingerprint density at radius 2 is 1.91 bits per heavy atom. The number of benzene rings is 1. The van der Waals surface area contributed by atoms with Crippen LogP contribution in [-0.2, 0) is 14.4 Å². The van der Waals surface area contributed by atoms with Crippen molar-refractivity contribution in [3.63, 3.8) is 0 Å². The Balaban J connectivity index is 1.77. The molecule has 1 saturated heterocycles. The summed E-state index contributed by atoms with van der Waals surface area (Å²) in [5, 5.41) is 29.0.